The summed E-state index contributed by atoms with van der Waals surface area (Å²) in [4.78, 5) is 23.1. The Labute approximate surface area is 79.6 Å². The Hall–Kier alpha value is -2.04. The summed E-state index contributed by atoms with van der Waals surface area (Å²) in [5.74, 6) is -0.0182. The summed E-state index contributed by atoms with van der Waals surface area (Å²) in [6.45, 7) is 0. The molecular formula is C9H7NO4. The summed E-state index contributed by atoms with van der Waals surface area (Å²) in [6.07, 6.45) is 2.17. The van der Waals surface area contributed by atoms with Gasteiger partial charge in [-0.05, 0) is 12.1 Å². The molecule has 1 fully saturated rings. The zero-order chi connectivity index (χ0) is 10.1. The van der Waals surface area contributed by atoms with Crippen molar-refractivity contribution in [3.8, 4) is 0 Å². The van der Waals surface area contributed by atoms with Crippen molar-refractivity contribution in [2.24, 2.45) is 0 Å². The molecule has 0 saturated carbocycles. The van der Waals surface area contributed by atoms with Crippen LogP contribution in [0.2, 0.25) is 0 Å². The van der Waals surface area contributed by atoms with E-state index in [-0.39, 0.29) is 5.76 Å². The summed E-state index contributed by atoms with van der Waals surface area (Å²) in [7, 11) is 1.35. The average Bonchev–Trinajstić information content (AvgIpc) is 2.73. The normalized spacial score (nSPS) is 19.2. The number of amides is 2. The third-order valence-corrected chi connectivity index (χ3v) is 1.80. The number of imide groups is 1. The molecule has 1 saturated heterocycles. The number of nitrogens with zero attached hydrogens (tertiary/aromatic N) is 1. The summed E-state index contributed by atoms with van der Waals surface area (Å²) in [5, 5.41) is 0. The fraction of sp³-hybridized carbons (Fsp3) is 0.111. The Morgan fingerprint density at radius 3 is 2.71 bits per heavy atom. The number of cyclic esters (lactones) is 1. The highest BCUT2D eigenvalue weighted by Gasteiger charge is 2.33. The molecule has 5 nitrogen and oxygen atoms in total. The van der Waals surface area contributed by atoms with Crippen molar-refractivity contribution in [2.75, 3.05) is 7.05 Å². The van der Waals surface area contributed by atoms with Gasteiger partial charge in [0.1, 0.15) is 5.76 Å². The fourth-order valence-corrected chi connectivity index (χ4v) is 1.05. The van der Waals surface area contributed by atoms with Gasteiger partial charge in [0.05, 0.1) is 6.26 Å². The van der Waals surface area contributed by atoms with Crippen molar-refractivity contribution in [1.29, 1.82) is 0 Å². The first-order valence-electron chi connectivity index (χ1n) is 3.93. The Bertz CT molecular complexity index is 404. The van der Waals surface area contributed by atoms with Gasteiger partial charge in [-0.3, -0.25) is 4.79 Å². The number of likely N-dealkylation sites (N-methyl/N-ethyl adjacent to an activating group) is 1. The molecule has 5 heteroatoms. The van der Waals surface area contributed by atoms with Gasteiger partial charge in [0.25, 0.3) is 5.91 Å². The van der Waals surface area contributed by atoms with E-state index >= 15 is 0 Å². The van der Waals surface area contributed by atoms with Crippen LogP contribution in [0.3, 0.4) is 0 Å². The second kappa shape index (κ2) is 3.02. The molecule has 72 valence electrons. The molecule has 0 spiro atoms. The molecule has 1 aliphatic heterocycles. The molecule has 0 atom stereocenters. The van der Waals surface area contributed by atoms with E-state index in [9.17, 15) is 9.59 Å². The van der Waals surface area contributed by atoms with Crippen molar-refractivity contribution in [3.05, 3.63) is 29.9 Å². The molecular weight excluding hydrogens is 186 g/mol. The standard InChI is InChI=1S/C9H7NO4/c1-10-8(11)7(14-9(10)12)5-6-3-2-4-13-6/h2-5H,1H3/b7-5+. The molecule has 1 aliphatic rings. The molecule has 1 aromatic heterocycles. The lowest BCUT2D eigenvalue weighted by Crippen LogP contribution is -2.23. The van der Waals surface area contributed by atoms with E-state index in [4.69, 9.17) is 9.15 Å². The lowest BCUT2D eigenvalue weighted by molar-refractivity contribution is -0.122. The van der Waals surface area contributed by atoms with E-state index in [2.05, 4.69) is 0 Å². The zero-order valence-electron chi connectivity index (χ0n) is 7.39. The fourth-order valence-electron chi connectivity index (χ4n) is 1.05. The Kier molecular flexibility index (Phi) is 1.85. The smallest absolute Gasteiger partial charge is 0.422 e. The Balaban J connectivity index is 2.29. The second-order valence-electron chi connectivity index (χ2n) is 2.76. The summed E-state index contributed by atoms with van der Waals surface area (Å²) in [6, 6.07) is 3.34. The molecule has 2 rings (SSSR count). The van der Waals surface area contributed by atoms with Gasteiger partial charge < -0.3 is 9.15 Å². The van der Waals surface area contributed by atoms with Crippen LogP contribution < -0.4 is 0 Å². The summed E-state index contributed by atoms with van der Waals surface area (Å²) in [5.41, 5.74) is 0. The van der Waals surface area contributed by atoms with Gasteiger partial charge in [0.15, 0.2) is 0 Å². The highest BCUT2D eigenvalue weighted by Crippen LogP contribution is 2.17. The van der Waals surface area contributed by atoms with E-state index in [0.29, 0.717) is 5.76 Å². The minimum Gasteiger partial charge on any atom is -0.465 e. The monoisotopic (exact) mass is 193 g/mol. The molecule has 0 aliphatic carbocycles. The lowest BCUT2D eigenvalue weighted by Gasteiger charge is -1.96. The van der Waals surface area contributed by atoms with Crippen LogP contribution in [0.1, 0.15) is 5.76 Å². The van der Waals surface area contributed by atoms with Gasteiger partial charge >= 0.3 is 6.09 Å². The maximum absolute atomic E-state index is 11.3. The van der Waals surface area contributed by atoms with Crippen LogP contribution >= 0.6 is 0 Å². The number of hydrogen-bond acceptors (Lipinski definition) is 4. The van der Waals surface area contributed by atoms with Crippen molar-refractivity contribution in [1.82, 2.24) is 4.90 Å². The summed E-state index contributed by atoms with van der Waals surface area (Å²) < 4.78 is 9.67. The van der Waals surface area contributed by atoms with Gasteiger partial charge in [-0.1, -0.05) is 0 Å². The third-order valence-electron chi connectivity index (χ3n) is 1.80. The van der Waals surface area contributed by atoms with Gasteiger partial charge in [-0.15, -0.1) is 0 Å². The first-order valence-corrected chi connectivity index (χ1v) is 3.93. The average molecular weight is 193 g/mol. The highest BCUT2D eigenvalue weighted by molar-refractivity contribution is 6.09. The van der Waals surface area contributed by atoms with E-state index in [1.165, 1.54) is 19.4 Å². The van der Waals surface area contributed by atoms with Crippen molar-refractivity contribution in [3.63, 3.8) is 0 Å². The number of carbonyl (C=O) groups is 2. The Morgan fingerprint density at radius 2 is 2.21 bits per heavy atom. The van der Waals surface area contributed by atoms with Crippen molar-refractivity contribution >= 4 is 18.1 Å². The van der Waals surface area contributed by atoms with E-state index < -0.39 is 12.0 Å². The minimum absolute atomic E-state index is 0.0209. The van der Waals surface area contributed by atoms with E-state index in [1.807, 2.05) is 0 Å². The van der Waals surface area contributed by atoms with Crippen LogP contribution in [-0.2, 0) is 9.53 Å². The predicted molar refractivity (Wildman–Crippen MR) is 45.9 cm³/mol. The zero-order valence-corrected chi connectivity index (χ0v) is 7.39. The van der Waals surface area contributed by atoms with Crippen LogP contribution in [0.15, 0.2) is 28.6 Å². The molecule has 1 aromatic rings. The second-order valence-corrected chi connectivity index (χ2v) is 2.76. The molecule has 14 heavy (non-hydrogen) atoms. The molecule has 0 radical (unpaired) electrons. The van der Waals surface area contributed by atoms with Crippen LogP contribution in [0.4, 0.5) is 4.79 Å². The first-order chi connectivity index (χ1) is 6.68. The number of furan rings is 1. The maximum atomic E-state index is 11.3. The van der Waals surface area contributed by atoms with E-state index in [0.717, 1.165) is 4.90 Å². The number of rotatable bonds is 1. The third kappa shape index (κ3) is 1.28. The topological polar surface area (TPSA) is 59.8 Å². The van der Waals surface area contributed by atoms with Crippen LogP contribution in [0, 0.1) is 0 Å². The molecule has 0 N–H and O–H groups in total. The number of carbonyl (C=O) groups excluding carboxylic acids is 2. The summed E-state index contributed by atoms with van der Waals surface area (Å²) >= 11 is 0. The van der Waals surface area contributed by atoms with Crippen LogP contribution in [0.5, 0.6) is 0 Å². The SMILES string of the molecule is CN1C(=O)O/C(=C/c2ccco2)C1=O. The Morgan fingerprint density at radius 1 is 1.43 bits per heavy atom. The molecule has 0 aromatic carbocycles. The van der Waals surface area contributed by atoms with Crippen molar-refractivity contribution in [2.45, 2.75) is 0 Å². The minimum atomic E-state index is -0.673. The van der Waals surface area contributed by atoms with Crippen molar-refractivity contribution < 1.29 is 18.7 Å². The highest BCUT2D eigenvalue weighted by atomic mass is 16.6. The van der Waals surface area contributed by atoms with Crippen LogP contribution in [-0.4, -0.2) is 23.9 Å². The molecule has 2 amide bonds. The molecule has 0 bridgehead atoms. The van der Waals surface area contributed by atoms with Crippen LogP contribution in [0.25, 0.3) is 6.08 Å². The van der Waals surface area contributed by atoms with Gasteiger partial charge in [0.2, 0.25) is 5.76 Å². The van der Waals surface area contributed by atoms with E-state index in [1.54, 1.807) is 12.1 Å². The number of ether oxygens (including phenoxy) is 1. The quantitative estimate of drug-likeness (QED) is 0.629. The lowest BCUT2D eigenvalue weighted by atomic mass is 10.3. The molecule has 2 heterocycles. The first kappa shape index (κ1) is 8.55. The van der Waals surface area contributed by atoms with Gasteiger partial charge in [-0.2, -0.15) is 0 Å². The largest absolute Gasteiger partial charge is 0.465 e. The molecule has 0 unspecified atom stereocenters. The predicted octanol–water partition coefficient (Wildman–Crippen LogP) is 1.23. The maximum Gasteiger partial charge on any atom is 0.422 e. The van der Waals surface area contributed by atoms with Gasteiger partial charge in [0, 0.05) is 13.1 Å². The number of hydrogen-bond donors (Lipinski definition) is 0. The van der Waals surface area contributed by atoms with Gasteiger partial charge in [-0.25, -0.2) is 9.69 Å².